The van der Waals surface area contributed by atoms with E-state index in [9.17, 15) is 0 Å². The van der Waals surface area contributed by atoms with Gasteiger partial charge in [-0.15, -0.1) is 0 Å². The zero-order valence-corrected chi connectivity index (χ0v) is 11.4. The van der Waals surface area contributed by atoms with Gasteiger partial charge >= 0.3 is 0 Å². The average Bonchev–Trinajstić information content (AvgIpc) is 2.13. The summed E-state index contributed by atoms with van der Waals surface area (Å²) in [6, 6.07) is 0.576. The SMILES string of the molecule is CCCNC(C(C)CCOC)C(C)(C)C. The summed E-state index contributed by atoms with van der Waals surface area (Å²) < 4.78 is 5.15. The van der Waals surface area contributed by atoms with Gasteiger partial charge in [-0.25, -0.2) is 0 Å². The van der Waals surface area contributed by atoms with Crippen LogP contribution in [0.15, 0.2) is 0 Å². The molecule has 0 aromatic heterocycles. The lowest BCUT2D eigenvalue weighted by molar-refractivity contribution is 0.139. The number of rotatable bonds is 7. The van der Waals surface area contributed by atoms with Crippen molar-refractivity contribution in [2.75, 3.05) is 20.3 Å². The Morgan fingerprint density at radius 1 is 1.27 bits per heavy atom. The highest BCUT2D eigenvalue weighted by molar-refractivity contribution is 4.84. The Balaban J connectivity index is 4.21. The molecule has 2 atom stereocenters. The molecule has 0 aliphatic heterocycles. The van der Waals surface area contributed by atoms with Crippen LogP contribution in [0, 0.1) is 11.3 Å². The molecule has 0 spiro atoms. The van der Waals surface area contributed by atoms with E-state index in [1.807, 2.05) is 0 Å². The second kappa shape index (κ2) is 7.24. The molecule has 2 unspecified atom stereocenters. The number of hydrogen-bond donors (Lipinski definition) is 1. The molecule has 0 aromatic rings. The predicted molar refractivity (Wildman–Crippen MR) is 67.2 cm³/mol. The molecule has 0 aromatic carbocycles. The fourth-order valence-electron chi connectivity index (χ4n) is 2.13. The summed E-state index contributed by atoms with van der Waals surface area (Å²) in [4.78, 5) is 0. The number of nitrogens with one attached hydrogen (secondary N) is 1. The largest absolute Gasteiger partial charge is 0.385 e. The van der Waals surface area contributed by atoms with E-state index >= 15 is 0 Å². The maximum absolute atomic E-state index is 5.15. The molecule has 0 radical (unpaired) electrons. The highest BCUT2D eigenvalue weighted by atomic mass is 16.5. The predicted octanol–water partition coefficient (Wildman–Crippen LogP) is 3.07. The molecule has 2 heteroatoms. The molecule has 0 heterocycles. The molecule has 0 fully saturated rings. The Labute approximate surface area is 95.8 Å². The van der Waals surface area contributed by atoms with Gasteiger partial charge in [0.05, 0.1) is 0 Å². The number of methoxy groups -OCH3 is 1. The first-order chi connectivity index (χ1) is 6.93. The van der Waals surface area contributed by atoms with E-state index in [4.69, 9.17) is 4.74 Å². The maximum Gasteiger partial charge on any atom is 0.0465 e. The van der Waals surface area contributed by atoms with Crippen molar-refractivity contribution in [2.24, 2.45) is 11.3 Å². The molecule has 92 valence electrons. The fraction of sp³-hybridized carbons (Fsp3) is 1.00. The highest BCUT2D eigenvalue weighted by Gasteiger charge is 2.28. The number of hydrogen-bond acceptors (Lipinski definition) is 2. The molecule has 2 nitrogen and oxygen atoms in total. The van der Waals surface area contributed by atoms with Crippen molar-refractivity contribution in [1.82, 2.24) is 5.32 Å². The molecule has 0 saturated heterocycles. The van der Waals surface area contributed by atoms with Gasteiger partial charge in [0.15, 0.2) is 0 Å². The smallest absolute Gasteiger partial charge is 0.0465 e. The van der Waals surface area contributed by atoms with Crippen LogP contribution in [0.4, 0.5) is 0 Å². The van der Waals surface area contributed by atoms with E-state index in [0.29, 0.717) is 17.4 Å². The van der Waals surface area contributed by atoms with Crippen LogP contribution in [0.25, 0.3) is 0 Å². The topological polar surface area (TPSA) is 21.3 Å². The molecular formula is C13H29NO. The highest BCUT2D eigenvalue weighted by Crippen LogP contribution is 2.27. The Hall–Kier alpha value is -0.0800. The zero-order valence-electron chi connectivity index (χ0n) is 11.4. The first kappa shape index (κ1) is 14.9. The van der Waals surface area contributed by atoms with Gasteiger partial charge in [0.25, 0.3) is 0 Å². The third kappa shape index (κ3) is 6.16. The second-order valence-corrected chi connectivity index (χ2v) is 5.56. The minimum absolute atomic E-state index is 0.322. The standard InChI is InChI=1S/C13H29NO/c1-7-9-14-12(13(3,4)5)11(2)8-10-15-6/h11-12,14H,7-10H2,1-6H3. The fourth-order valence-corrected chi connectivity index (χ4v) is 2.13. The lowest BCUT2D eigenvalue weighted by Gasteiger charge is -2.36. The van der Waals surface area contributed by atoms with Crippen LogP contribution < -0.4 is 5.32 Å². The lowest BCUT2D eigenvalue weighted by atomic mass is 9.78. The van der Waals surface area contributed by atoms with E-state index in [-0.39, 0.29) is 0 Å². The normalized spacial score (nSPS) is 16.4. The van der Waals surface area contributed by atoms with Crippen LogP contribution in [-0.4, -0.2) is 26.3 Å². The van der Waals surface area contributed by atoms with Crippen molar-refractivity contribution in [3.8, 4) is 0 Å². The summed E-state index contributed by atoms with van der Waals surface area (Å²) in [6.07, 6.45) is 2.33. The monoisotopic (exact) mass is 215 g/mol. The number of ether oxygens (including phenoxy) is 1. The van der Waals surface area contributed by atoms with Crippen molar-refractivity contribution in [2.45, 2.75) is 53.5 Å². The van der Waals surface area contributed by atoms with E-state index in [1.165, 1.54) is 6.42 Å². The van der Waals surface area contributed by atoms with Crippen LogP contribution in [0.3, 0.4) is 0 Å². The summed E-state index contributed by atoms with van der Waals surface area (Å²) in [5, 5.41) is 3.66. The summed E-state index contributed by atoms with van der Waals surface area (Å²) in [7, 11) is 1.78. The van der Waals surface area contributed by atoms with Gasteiger partial charge in [-0.1, -0.05) is 34.6 Å². The molecular weight excluding hydrogens is 186 g/mol. The molecule has 0 bridgehead atoms. The van der Waals surface area contributed by atoms with Crippen LogP contribution in [0.2, 0.25) is 0 Å². The van der Waals surface area contributed by atoms with Gasteiger partial charge in [0.1, 0.15) is 0 Å². The molecule has 0 aliphatic carbocycles. The zero-order chi connectivity index (χ0) is 11.9. The van der Waals surface area contributed by atoms with Crippen molar-refractivity contribution in [3.63, 3.8) is 0 Å². The Bertz CT molecular complexity index is 151. The Morgan fingerprint density at radius 3 is 2.27 bits per heavy atom. The third-order valence-electron chi connectivity index (χ3n) is 2.89. The van der Waals surface area contributed by atoms with Gasteiger partial charge in [-0.3, -0.25) is 0 Å². The van der Waals surface area contributed by atoms with E-state index in [1.54, 1.807) is 7.11 Å². The van der Waals surface area contributed by atoms with Crippen LogP contribution >= 0.6 is 0 Å². The molecule has 0 amide bonds. The molecule has 0 saturated carbocycles. The van der Waals surface area contributed by atoms with Crippen molar-refractivity contribution < 1.29 is 4.74 Å². The first-order valence-electron chi connectivity index (χ1n) is 6.15. The molecule has 0 aliphatic rings. The van der Waals surface area contributed by atoms with Crippen LogP contribution in [-0.2, 0) is 4.74 Å². The van der Waals surface area contributed by atoms with Crippen molar-refractivity contribution in [3.05, 3.63) is 0 Å². The van der Waals surface area contributed by atoms with E-state index in [0.717, 1.165) is 19.6 Å². The summed E-state index contributed by atoms with van der Waals surface area (Å²) in [5.41, 5.74) is 0.322. The van der Waals surface area contributed by atoms with Gasteiger partial charge in [0.2, 0.25) is 0 Å². The van der Waals surface area contributed by atoms with Crippen molar-refractivity contribution >= 4 is 0 Å². The molecule has 15 heavy (non-hydrogen) atoms. The second-order valence-electron chi connectivity index (χ2n) is 5.56. The first-order valence-corrected chi connectivity index (χ1v) is 6.15. The van der Waals surface area contributed by atoms with E-state index in [2.05, 4.69) is 39.9 Å². The summed E-state index contributed by atoms with van der Waals surface area (Å²) >= 11 is 0. The van der Waals surface area contributed by atoms with Crippen molar-refractivity contribution in [1.29, 1.82) is 0 Å². The van der Waals surface area contributed by atoms with Gasteiger partial charge in [-0.05, 0) is 30.7 Å². The minimum atomic E-state index is 0.322. The minimum Gasteiger partial charge on any atom is -0.385 e. The van der Waals surface area contributed by atoms with Crippen LogP contribution in [0.5, 0.6) is 0 Å². The van der Waals surface area contributed by atoms with Gasteiger partial charge in [0, 0.05) is 19.8 Å². The molecule has 0 rings (SSSR count). The summed E-state index contributed by atoms with van der Waals surface area (Å²) in [6.45, 7) is 13.4. The lowest BCUT2D eigenvalue weighted by Crippen LogP contribution is -2.45. The van der Waals surface area contributed by atoms with Crippen LogP contribution in [0.1, 0.15) is 47.5 Å². The molecule has 1 N–H and O–H groups in total. The Morgan fingerprint density at radius 2 is 1.87 bits per heavy atom. The quantitative estimate of drug-likeness (QED) is 0.704. The van der Waals surface area contributed by atoms with Gasteiger partial charge < -0.3 is 10.1 Å². The Kier molecular flexibility index (Phi) is 7.20. The third-order valence-corrected chi connectivity index (χ3v) is 2.89. The maximum atomic E-state index is 5.15. The average molecular weight is 215 g/mol. The van der Waals surface area contributed by atoms with E-state index < -0.39 is 0 Å². The van der Waals surface area contributed by atoms with Gasteiger partial charge in [-0.2, -0.15) is 0 Å². The summed E-state index contributed by atoms with van der Waals surface area (Å²) in [5.74, 6) is 0.663.